The lowest BCUT2D eigenvalue weighted by molar-refractivity contribution is -0.254. The normalized spacial score (nSPS) is 19.8. The van der Waals surface area contributed by atoms with E-state index in [-0.39, 0.29) is 17.7 Å². The van der Waals surface area contributed by atoms with E-state index in [2.05, 4.69) is 28.4 Å². The fourth-order valence-corrected chi connectivity index (χ4v) is 6.69. The monoisotopic (exact) mass is 758 g/mol. The summed E-state index contributed by atoms with van der Waals surface area (Å²) in [4.78, 5) is 48.1. The van der Waals surface area contributed by atoms with Crippen molar-refractivity contribution in [3.63, 3.8) is 0 Å². The molecule has 2 atom stereocenters. The first-order chi connectivity index (χ1) is 26.2. The van der Waals surface area contributed by atoms with E-state index in [1.165, 1.54) is 7.11 Å². The van der Waals surface area contributed by atoms with Crippen LogP contribution in [0, 0.1) is 19.3 Å². The topological polar surface area (TPSA) is 175 Å². The molecule has 1 aliphatic heterocycles. The molecule has 55 heavy (non-hydrogen) atoms. The van der Waals surface area contributed by atoms with Crippen molar-refractivity contribution in [2.75, 3.05) is 26.9 Å². The van der Waals surface area contributed by atoms with E-state index in [0.717, 1.165) is 73.6 Å². The molecular weight excluding hydrogens is 704 g/mol. The van der Waals surface area contributed by atoms with Crippen molar-refractivity contribution >= 4 is 29.9 Å². The Morgan fingerprint density at radius 3 is 1.98 bits per heavy atom. The molecule has 0 radical (unpaired) electrons. The summed E-state index contributed by atoms with van der Waals surface area (Å²) in [5.41, 5.74) is 13.2. The van der Waals surface area contributed by atoms with Crippen LogP contribution in [-0.4, -0.2) is 72.5 Å². The second-order valence-electron chi connectivity index (χ2n) is 13.5. The Balaban J connectivity index is 0.000000251. The number of carbonyl (C=O) groups is 4. The smallest absolute Gasteiger partial charge is 0.338 e. The number of rotatable bonds is 6. The van der Waals surface area contributed by atoms with Gasteiger partial charge in [-0.3, -0.25) is 9.59 Å². The van der Waals surface area contributed by atoms with Gasteiger partial charge >= 0.3 is 24.1 Å². The van der Waals surface area contributed by atoms with Gasteiger partial charge in [-0.1, -0.05) is 56.0 Å². The minimum atomic E-state index is -0.863. The van der Waals surface area contributed by atoms with Gasteiger partial charge in [-0.05, 0) is 102 Å². The molecule has 1 N–H and O–H groups in total. The largest absolute Gasteiger partial charge is 0.478 e. The zero-order valence-corrected chi connectivity index (χ0v) is 32.9. The molecule has 12 nitrogen and oxygen atoms in total. The summed E-state index contributed by atoms with van der Waals surface area (Å²) in [6, 6.07) is 16.2. The number of nitrogens with zero attached hydrogens (tertiary/aromatic N) is 2. The molecule has 2 aromatic carbocycles. The first kappa shape index (κ1) is 45.8. The fourth-order valence-electron chi connectivity index (χ4n) is 6.69. The number of aryl methyl sites for hydroxylation is 3. The summed E-state index contributed by atoms with van der Waals surface area (Å²) in [5.74, 6) is -1.53. The molecule has 2 fully saturated rings. The third-order valence-electron chi connectivity index (χ3n) is 9.77. The number of aromatic carboxylic acids is 1. The van der Waals surface area contributed by atoms with E-state index < -0.39 is 22.6 Å². The number of Topliss-reactive ketones (excluding diaryl/α,β-unsaturated/α-hetero) is 1. The van der Waals surface area contributed by atoms with Crippen LogP contribution in [0.3, 0.4) is 0 Å². The Morgan fingerprint density at radius 1 is 0.909 bits per heavy atom. The van der Waals surface area contributed by atoms with Gasteiger partial charge in [0.15, 0.2) is 5.79 Å². The molecule has 1 spiro atoms. The van der Waals surface area contributed by atoms with Crippen LogP contribution in [0.25, 0.3) is 5.53 Å². The van der Waals surface area contributed by atoms with Gasteiger partial charge in [0.05, 0.1) is 49.7 Å². The Bertz CT molecular complexity index is 1830. The van der Waals surface area contributed by atoms with Crippen molar-refractivity contribution in [3.05, 3.63) is 119 Å². The van der Waals surface area contributed by atoms with Crippen molar-refractivity contribution < 1.29 is 52.4 Å². The number of furan rings is 1. The SMILES string of the molecule is C=C=C.CC1(C(=O)C=[N+]=[N-])CCCc2ccoc21.CCOC(=O)C1(C)CCCCC12OCCO2.COC(=O)c1ccccc1C.Cc1ccccc1C(=O)O. The van der Waals surface area contributed by atoms with E-state index in [9.17, 15) is 19.2 Å². The standard InChI is InChI=1S/C12H20O4.C11H12N2O2.C9H10O2.C8H8O2.C3H4/c1-3-14-10(13)11(2)6-4-5-7-12(11)15-8-9-16-12;1-11(9(14)7-13-12)5-2-3-8-4-6-15-10(8)11;1-7-5-3-4-6-8(7)9(10)11-2;1-6-4-2-3-5-7(6)8(9)10;1-3-2/h3-9H2,1-2H3;4,6-7H,2-3,5H2,1H3;3-6H,1-2H3;2-5H,1H3,(H,9,10);1-2H2. The van der Waals surface area contributed by atoms with E-state index in [4.69, 9.17) is 29.3 Å². The lowest BCUT2D eigenvalue weighted by atomic mass is 9.70. The molecule has 0 amide bonds. The van der Waals surface area contributed by atoms with Gasteiger partial charge in [-0.25, -0.2) is 9.59 Å². The molecule has 2 unspecified atom stereocenters. The van der Waals surface area contributed by atoms with Crippen LogP contribution in [0.5, 0.6) is 0 Å². The van der Waals surface area contributed by atoms with E-state index in [0.29, 0.717) is 30.9 Å². The van der Waals surface area contributed by atoms with Gasteiger partial charge in [-0.15, -0.1) is 5.73 Å². The van der Waals surface area contributed by atoms with Crippen LogP contribution in [-0.2, 0) is 40.4 Å². The molecule has 3 aromatic rings. The summed E-state index contributed by atoms with van der Waals surface area (Å²) in [7, 11) is 1.38. The third kappa shape index (κ3) is 11.8. The molecule has 2 aliphatic carbocycles. The lowest BCUT2D eigenvalue weighted by Crippen LogP contribution is -2.55. The maximum Gasteiger partial charge on any atom is 0.338 e. The van der Waals surface area contributed by atoms with Gasteiger partial charge in [-0.2, -0.15) is 4.79 Å². The Morgan fingerprint density at radius 2 is 1.47 bits per heavy atom. The van der Waals surface area contributed by atoms with Gasteiger partial charge in [0.25, 0.3) is 0 Å². The van der Waals surface area contributed by atoms with Crippen molar-refractivity contribution in [3.8, 4) is 0 Å². The Hall–Kier alpha value is -5.38. The number of carboxylic acid groups (broad SMARTS) is 1. The number of carbonyl (C=O) groups excluding carboxylic acids is 3. The summed E-state index contributed by atoms with van der Waals surface area (Å²) in [6.45, 7) is 17.0. The zero-order valence-electron chi connectivity index (χ0n) is 32.9. The minimum Gasteiger partial charge on any atom is -0.478 e. The third-order valence-corrected chi connectivity index (χ3v) is 9.77. The Labute approximate surface area is 323 Å². The predicted molar refractivity (Wildman–Crippen MR) is 207 cm³/mol. The number of esters is 2. The van der Waals surface area contributed by atoms with E-state index in [1.807, 2.05) is 58.0 Å². The van der Waals surface area contributed by atoms with Gasteiger partial charge in [0, 0.05) is 6.42 Å². The van der Waals surface area contributed by atoms with Crippen LogP contribution >= 0.6 is 0 Å². The van der Waals surface area contributed by atoms with Crippen molar-refractivity contribution in [1.82, 2.24) is 0 Å². The maximum atomic E-state index is 12.1. The van der Waals surface area contributed by atoms with E-state index >= 15 is 0 Å². The number of benzene rings is 2. The molecule has 2 heterocycles. The highest BCUT2D eigenvalue weighted by atomic mass is 16.7. The quantitative estimate of drug-likeness (QED) is 0.0851. The van der Waals surface area contributed by atoms with Gasteiger partial charge < -0.3 is 34.0 Å². The minimum absolute atomic E-state index is 0.184. The fraction of sp³-hybridized carbons (Fsp3) is 0.442. The molecular formula is C43H54N2O10. The lowest BCUT2D eigenvalue weighted by Gasteiger charge is -2.45. The number of methoxy groups -OCH3 is 1. The molecule has 1 aromatic heterocycles. The molecule has 6 rings (SSSR count). The first-order valence-electron chi connectivity index (χ1n) is 18.2. The zero-order chi connectivity index (χ0) is 41.1. The predicted octanol–water partition coefficient (Wildman–Crippen LogP) is 8.05. The van der Waals surface area contributed by atoms with Crippen LogP contribution in [0.2, 0.25) is 0 Å². The van der Waals surface area contributed by atoms with Crippen molar-refractivity contribution in [1.29, 1.82) is 0 Å². The average Bonchev–Trinajstić information content (AvgIpc) is 3.86. The molecule has 296 valence electrons. The summed E-state index contributed by atoms with van der Waals surface area (Å²) in [5, 5.41) is 8.57. The van der Waals surface area contributed by atoms with Crippen LogP contribution < -0.4 is 0 Å². The van der Waals surface area contributed by atoms with Crippen molar-refractivity contribution in [2.45, 2.75) is 90.8 Å². The molecule has 12 heteroatoms. The second kappa shape index (κ2) is 22.1. The van der Waals surface area contributed by atoms with Gasteiger partial charge in [0.1, 0.15) is 11.2 Å². The second-order valence-corrected chi connectivity index (χ2v) is 13.5. The highest BCUT2D eigenvalue weighted by molar-refractivity contribution is 6.29. The van der Waals surface area contributed by atoms with Gasteiger partial charge in [0.2, 0.25) is 5.78 Å². The number of ether oxygens (including phenoxy) is 4. The molecule has 3 aliphatic rings. The number of carboxylic acids is 1. The number of fused-ring (bicyclic) bond motifs is 1. The summed E-state index contributed by atoms with van der Waals surface area (Å²) < 4.78 is 26.6. The highest BCUT2D eigenvalue weighted by Crippen LogP contribution is 2.50. The van der Waals surface area contributed by atoms with E-state index in [1.54, 1.807) is 37.5 Å². The van der Waals surface area contributed by atoms with Crippen LogP contribution in [0.15, 0.2) is 84.2 Å². The first-order valence-corrected chi connectivity index (χ1v) is 18.2. The summed E-state index contributed by atoms with van der Waals surface area (Å²) in [6.07, 6.45) is 8.86. The van der Waals surface area contributed by atoms with Crippen LogP contribution in [0.1, 0.15) is 102 Å². The average molecular weight is 759 g/mol. The van der Waals surface area contributed by atoms with Crippen molar-refractivity contribution in [2.24, 2.45) is 5.41 Å². The highest BCUT2D eigenvalue weighted by Gasteiger charge is 2.59. The number of ketones is 1. The number of hydrogen-bond acceptors (Lipinski definition) is 9. The Kier molecular flexibility index (Phi) is 18.4. The van der Waals surface area contributed by atoms with Crippen LogP contribution in [0.4, 0.5) is 0 Å². The summed E-state index contributed by atoms with van der Waals surface area (Å²) >= 11 is 0. The molecule has 0 bridgehead atoms. The molecule has 1 saturated carbocycles. The molecule has 1 saturated heterocycles. The number of hydrogen-bond donors (Lipinski definition) is 1. The maximum absolute atomic E-state index is 12.1.